The highest BCUT2D eigenvalue weighted by Crippen LogP contribution is 2.58. The van der Waals surface area contributed by atoms with E-state index >= 15 is 0 Å². The van der Waals surface area contributed by atoms with Crippen molar-refractivity contribution in [3.8, 4) is 11.1 Å². The van der Waals surface area contributed by atoms with Crippen molar-refractivity contribution in [2.45, 2.75) is 25.7 Å². The van der Waals surface area contributed by atoms with Gasteiger partial charge in [-0.15, -0.1) is 0 Å². The van der Waals surface area contributed by atoms with Crippen LogP contribution in [-0.4, -0.2) is 0 Å². The van der Waals surface area contributed by atoms with Gasteiger partial charge in [0.2, 0.25) is 0 Å². The lowest BCUT2D eigenvalue weighted by Gasteiger charge is -2.37. The Kier molecular flexibility index (Phi) is 7.05. The molecule has 1 nitrogen and oxygen atoms in total. The number of hydrogen-bond acceptors (Lipinski definition) is 1. The number of rotatable bonds is 5. The number of nitrogens with zero attached hydrogens (tertiary/aromatic N) is 1. The van der Waals surface area contributed by atoms with Gasteiger partial charge in [-0.05, 0) is 121 Å². The van der Waals surface area contributed by atoms with Crippen LogP contribution in [0.25, 0.3) is 43.4 Å². The second-order valence-electron chi connectivity index (χ2n) is 14.6. The number of fused-ring (bicyclic) bond motifs is 9. The fraction of sp³-hybridized carbons (Fsp3) is 0.0980. The van der Waals surface area contributed by atoms with Crippen molar-refractivity contribution in [1.82, 2.24) is 0 Å². The van der Waals surface area contributed by atoms with Crippen molar-refractivity contribution in [3.63, 3.8) is 0 Å². The fourth-order valence-electron chi connectivity index (χ4n) is 9.15. The Morgan fingerprint density at radius 1 is 0.500 bits per heavy atom. The highest BCUT2D eigenvalue weighted by molar-refractivity contribution is 6.25. The van der Waals surface area contributed by atoms with Crippen LogP contribution in [0.5, 0.6) is 0 Å². The predicted molar refractivity (Wildman–Crippen MR) is 221 cm³/mol. The van der Waals surface area contributed by atoms with Crippen LogP contribution in [0.15, 0.2) is 188 Å². The molecule has 8 aromatic carbocycles. The molecule has 0 saturated heterocycles. The fourth-order valence-corrected chi connectivity index (χ4v) is 9.15. The second kappa shape index (κ2) is 12.0. The summed E-state index contributed by atoms with van der Waals surface area (Å²) >= 11 is 0. The minimum atomic E-state index is -0.439. The molecule has 0 spiro atoms. The third-order valence-corrected chi connectivity index (χ3v) is 11.5. The van der Waals surface area contributed by atoms with Gasteiger partial charge in [-0.1, -0.05) is 158 Å². The molecule has 1 heteroatoms. The number of aryl methyl sites for hydroxylation is 1. The maximum absolute atomic E-state index is 2.52. The molecule has 2 aliphatic rings. The van der Waals surface area contributed by atoms with Crippen molar-refractivity contribution in [2.75, 3.05) is 4.90 Å². The van der Waals surface area contributed by atoms with E-state index in [1.54, 1.807) is 0 Å². The first-order valence-electron chi connectivity index (χ1n) is 18.5. The van der Waals surface area contributed by atoms with Crippen molar-refractivity contribution in [1.29, 1.82) is 0 Å². The SMILES string of the molecule is Cc1ccc(N(c2ccc3c(c2)C(C2=CC(C)CC=C2)(c2ccccc2)c2ccccc2-3)c2ccc3c4ccccc4c4ccccc4c3c2)cc1. The molecule has 0 aromatic heterocycles. The molecule has 2 aliphatic carbocycles. The maximum Gasteiger partial charge on any atom is 0.0711 e. The average Bonchev–Trinajstić information content (AvgIpc) is 3.50. The van der Waals surface area contributed by atoms with E-state index in [2.05, 4.69) is 201 Å². The van der Waals surface area contributed by atoms with E-state index in [4.69, 9.17) is 0 Å². The van der Waals surface area contributed by atoms with Gasteiger partial charge in [0.05, 0.1) is 5.41 Å². The minimum absolute atomic E-state index is 0.439. The van der Waals surface area contributed by atoms with Gasteiger partial charge in [-0.25, -0.2) is 0 Å². The molecule has 248 valence electrons. The Morgan fingerprint density at radius 2 is 1.06 bits per heavy atom. The average molecular weight is 666 g/mol. The molecule has 0 heterocycles. The second-order valence-corrected chi connectivity index (χ2v) is 14.6. The quantitative estimate of drug-likeness (QED) is 0.165. The molecule has 0 aliphatic heterocycles. The Morgan fingerprint density at radius 3 is 1.77 bits per heavy atom. The summed E-state index contributed by atoms with van der Waals surface area (Å²) in [6, 6.07) is 61.1. The van der Waals surface area contributed by atoms with Crippen LogP contribution in [0.1, 0.15) is 35.6 Å². The summed E-state index contributed by atoms with van der Waals surface area (Å²) in [4.78, 5) is 2.45. The zero-order valence-corrected chi connectivity index (χ0v) is 29.6. The van der Waals surface area contributed by atoms with Crippen LogP contribution in [0.3, 0.4) is 0 Å². The van der Waals surface area contributed by atoms with Gasteiger partial charge in [0, 0.05) is 17.1 Å². The van der Waals surface area contributed by atoms with E-state index < -0.39 is 5.41 Å². The van der Waals surface area contributed by atoms with E-state index in [1.165, 1.54) is 71.3 Å². The molecular formula is C51H39N. The first-order chi connectivity index (χ1) is 25.6. The van der Waals surface area contributed by atoms with Crippen molar-refractivity contribution < 1.29 is 0 Å². The number of benzene rings is 8. The Hall–Kier alpha value is -6.18. The summed E-state index contributed by atoms with van der Waals surface area (Å²) in [5, 5.41) is 7.69. The smallest absolute Gasteiger partial charge is 0.0711 e. The highest BCUT2D eigenvalue weighted by Gasteiger charge is 2.47. The van der Waals surface area contributed by atoms with Crippen LogP contribution in [0.2, 0.25) is 0 Å². The molecule has 0 amide bonds. The van der Waals surface area contributed by atoms with Gasteiger partial charge in [0.1, 0.15) is 0 Å². The van der Waals surface area contributed by atoms with Gasteiger partial charge in [0.25, 0.3) is 0 Å². The van der Waals surface area contributed by atoms with Gasteiger partial charge in [-0.2, -0.15) is 0 Å². The van der Waals surface area contributed by atoms with Crippen LogP contribution >= 0.6 is 0 Å². The van der Waals surface area contributed by atoms with Crippen molar-refractivity contribution in [3.05, 3.63) is 210 Å². The minimum Gasteiger partial charge on any atom is -0.310 e. The molecule has 0 radical (unpaired) electrons. The largest absolute Gasteiger partial charge is 0.310 e. The summed E-state index contributed by atoms with van der Waals surface area (Å²) < 4.78 is 0. The first kappa shape index (κ1) is 30.6. The number of hydrogen-bond donors (Lipinski definition) is 0. The van der Waals surface area contributed by atoms with Crippen LogP contribution in [0, 0.1) is 12.8 Å². The Balaban J connectivity index is 1.26. The summed E-state index contributed by atoms with van der Waals surface area (Å²) in [6.07, 6.45) is 8.34. The van der Waals surface area contributed by atoms with Gasteiger partial charge in [-0.3, -0.25) is 0 Å². The Bertz CT molecular complexity index is 2700. The molecule has 10 rings (SSSR count). The lowest BCUT2D eigenvalue weighted by Crippen LogP contribution is -2.30. The van der Waals surface area contributed by atoms with E-state index in [0.29, 0.717) is 5.92 Å². The van der Waals surface area contributed by atoms with Crippen molar-refractivity contribution in [2.24, 2.45) is 5.92 Å². The van der Waals surface area contributed by atoms with E-state index in [0.717, 1.165) is 23.5 Å². The molecule has 0 bridgehead atoms. The zero-order valence-electron chi connectivity index (χ0n) is 29.6. The summed E-state index contributed by atoms with van der Waals surface area (Å²) in [5.74, 6) is 0.465. The summed E-state index contributed by atoms with van der Waals surface area (Å²) in [5.41, 5.74) is 12.2. The van der Waals surface area contributed by atoms with Gasteiger partial charge < -0.3 is 4.90 Å². The predicted octanol–water partition coefficient (Wildman–Crippen LogP) is 13.8. The standard InChI is InChI=1S/C51H39N/c1-34-23-25-38(26-24-34)52(39-27-29-45-43-19-7-6-17-41(43)42-18-8-9-20-44(42)48(45)32-39)40-28-30-47-46-21-10-11-22-49(46)51(50(47)33-40,36-14-4-3-5-15-36)37-16-12-13-35(2)31-37/h3-12,14-33,35H,13H2,1-2H3. The highest BCUT2D eigenvalue weighted by atomic mass is 15.1. The van der Waals surface area contributed by atoms with Gasteiger partial charge >= 0.3 is 0 Å². The number of anilines is 3. The Labute approximate surface area is 305 Å². The molecule has 0 fully saturated rings. The monoisotopic (exact) mass is 665 g/mol. The molecule has 2 unspecified atom stereocenters. The van der Waals surface area contributed by atoms with Crippen LogP contribution in [-0.2, 0) is 5.41 Å². The third kappa shape index (κ3) is 4.55. The molecule has 0 saturated carbocycles. The molecule has 2 atom stereocenters. The van der Waals surface area contributed by atoms with E-state index in [1.807, 2.05) is 0 Å². The lowest BCUT2D eigenvalue weighted by atomic mass is 9.65. The van der Waals surface area contributed by atoms with Crippen LogP contribution in [0.4, 0.5) is 17.1 Å². The third-order valence-electron chi connectivity index (χ3n) is 11.5. The topological polar surface area (TPSA) is 3.24 Å². The summed E-state index contributed by atoms with van der Waals surface area (Å²) in [6.45, 7) is 4.50. The molecular weight excluding hydrogens is 627 g/mol. The summed E-state index contributed by atoms with van der Waals surface area (Å²) in [7, 11) is 0. The van der Waals surface area contributed by atoms with Crippen molar-refractivity contribution >= 4 is 49.4 Å². The number of allylic oxidation sites excluding steroid dienone is 4. The molecule has 52 heavy (non-hydrogen) atoms. The maximum atomic E-state index is 2.52. The molecule has 0 N–H and O–H groups in total. The normalized spacial score (nSPS) is 17.7. The zero-order chi connectivity index (χ0) is 34.8. The lowest BCUT2D eigenvalue weighted by molar-refractivity contribution is 0.683. The van der Waals surface area contributed by atoms with E-state index in [9.17, 15) is 0 Å². The molecule has 8 aromatic rings. The van der Waals surface area contributed by atoms with E-state index in [-0.39, 0.29) is 0 Å². The van der Waals surface area contributed by atoms with Crippen LogP contribution < -0.4 is 4.90 Å². The van der Waals surface area contributed by atoms with Gasteiger partial charge in [0.15, 0.2) is 0 Å². The first-order valence-corrected chi connectivity index (χ1v) is 18.5.